The van der Waals surface area contributed by atoms with Crippen LogP contribution in [0.4, 0.5) is 0 Å². The van der Waals surface area contributed by atoms with Crippen molar-refractivity contribution in [1.82, 2.24) is 10.2 Å². The molecule has 2 aromatic rings. The first-order valence-corrected chi connectivity index (χ1v) is 8.38. The first-order chi connectivity index (χ1) is 12.2. The molecule has 6 heteroatoms. The maximum absolute atomic E-state index is 5.58. The Kier molecular flexibility index (Phi) is 7.85. The van der Waals surface area contributed by atoms with Crippen molar-refractivity contribution in [3.05, 3.63) is 54.0 Å². The summed E-state index contributed by atoms with van der Waals surface area (Å²) in [6.45, 7) is 2.69. The highest BCUT2D eigenvalue weighted by molar-refractivity contribution is 5.79. The molecule has 0 bridgehead atoms. The second-order valence-corrected chi connectivity index (χ2v) is 5.63. The van der Waals surface area contributed by atoms with E-state index in [1.807, 2.05) is 37.4 Å². The van der Waals surface area contributed by atoms with Gasteiger partial charge in [-0.2, -0.15) is 0 Å². The molecule has 1 aromatic heterocycles. The Bertz CT molecular complexity index is 641. The highest BCUT2D eigenvalue weighted by Gasteiger charge is 2.09. The van der Waals surface area contributed by atoms with Crippen molar-refractivity contribution >= 4 is 5.96 Å². The van der Waals surface area contributed by atoms with Gasteiger partial charge in [0.15, 0.2) is 5.96 Å². The van der Waals surface area contributed by atoms with Gasteiger partial charge in [0, 0.05) is 39.4 Å². The van der Waals surface area contributed by atoms with E-state index in [1.54, 1.807) is 20.4 Å². The Balaban J connectivity index is 1.70. The number of nitrogens with zero attached hydrogens (tertiary/aromatic N) is 2. The van der Waals surface area contributed by atoms with E-state index in [0.29, 0.717) is 13.2 Å². The van der Waals surface area contributed by atoms with Crippen molar-refractivity contribution in [2.75, 3.05) is 34.4 Å². The van der Waals surface area contributed by atoms with Crippen molar-refractivity contribution in [2.45, 2.75) is 19.6 Å². The van der Waals surface area contributed by atoms with Gasteiger partial charge in [0.25, 0.3) is 0 Å². The predicted molar refractivity (Wildman–Crippen MR) is 98.8 cm³/mol. The van der Waals surface area contributed by atoms with E-state index < -0.39 is 0 Å². The number of methoxy groups -OCH3 is 1. The molecule has 0 aliphatic rings. The highest BCUT2D eigenvalue weighted by Crippen LogP contribution is 2.18. The molecule has 0 saturated heterocycles. The van der Waals surface area contributed by atoms with Gasteiger partial charge in [-0.1, -0.05) is 18.2 Å². The van der Waals surface area contributed by atoms with Crippen LogP contribution in [0.3, 0.4) is 0 Å². The van der Waals surface area contributed by atoms with Crippen LogP contribution in [0, 0.1) is 0 Å². The highest BCUT2D eigenvalue weighted by atomic mass is 16.5. The average molecular weight is 345 g/mol. The minimum absolute atomic E-state index is 0.509. The minimum atomic E-state index is 0.509. The molecule has 6 nitrogen and oxygen atoms in total. The maximum Gasteiger partial charge on any atom is 0.193 e. The van der Waals surface area contributed by atoms with Crippen LogP contribution in [-0.2, 0) is 17.9 Å². The van der Waals surface area contributed by atoms with Crippen molar-refractivity contribution in [3.63, 3.8) is 0 Å². The summed E-state index contributed by atoms with van der Waals surface area (Å²) in [5.74, 6) is 2.58. The van der Waals surface area contributed by atoms with Crippen LogP contribution in [0.2, 0.25) is 0 Å². The number of rotatable bonds is 9. The van der Waals surface area contributed by atoms with Gasteiger partial charge >= 0.3 is 0 Å². The molecule has 0 radical (unpaired) electrons. The zero-order valence-electron chi connectivity index (χ0n) is 15.2. The average Bonchev–Trinajstić information content (AvgIpc) is 3.15. The third kappa shape index (κ3) is 6.15. The van der Waals surface area contributed by atoms with Crippen molar-refractivity contribution in [3.8, 4) is 5.75 Å². The minimum Gasteiger partial charge on any atom is -0.496 e. The topological polar surface area (TPSA) is 59.2 Å². The molecule has 0 spiro atoms. The molecule has 0 aliphatic heterocycles. The Morgan fingerprint density at radius 1 is 1.24 bits per heavy atom. The number of para-hydroxylation sites is 1. The molecule has 25 heavy (non-hydrogen) atoms. The van der Waals surface area contributed by atoms with E-state index >= 15 is 0 Å². The lowest BCUT2D eigenvalue weighted by Gasteiger charge is -2.23. The van der Waals surface area contributed by atoms with Crippen molar-refractivity contribution in [2.24, 2.45) is 4.99 Å². The van der Waals surface area contributed by atoms with Gasteiger partial charge in [-0.3, -0.25) is 4.99 Å². The van der Waals surface area contributed by atoms with E-state index in [4.69, 9.17) is 13.9 Å². The largest absolute Gasteiger partial charge is 0.496 e. The summed E-state index contributed by atoms with van der Waals surface area (Å²) < 4.78 is 16.2. The lowest BCUT2D eigenvalue weighted by Crippen LogP contribution is -2.39. The molecule has 136 valence electrons. The number of hydrogen-bond donors (Lipinski definition) is 1. The SMILES string of the molecule is CN=C(NCCCOCc1ccco1)N(C)Cc1ccccc1OC. The normalized spacial score (nSPS) is 11.4. The first-order valence-electron chi connectivity index (χ1n) is 8.38. The van der Waals surface area contributed by atoms with E-state index in [2.05, 4.69) is 21.3 Å². The molecule has 1 heterocycles. The van der Waals surface area contributed by atoms with Gasteiger partial charge in [-0.15, -0.1) is 0 Å². The van der Waals surface area contributed by atoms with E-state index in [0.717, 1.165) is 42.5 Å². The fraction of sp³-hybridized carbons (Fsp3) is 0.421. The summed E-state index contributed by atoms with van der Waals surface area (Å²) in [5, 5.41) is 3.35. The molecule has 2 rings (SSSR count). The lowest BCUT2D eigenvalue weighted by molar-refractivity contribution is 0.104. The standard InChI is InChI=1S/C19H27N3O3/c1-20-19(21-11-7-12-24-15-17-9-6-13-25-17)22(2)14-16-8-4-5-10-18(16)23-3/h4-6,8-10,13H,7,11-12,14-15H2,1-3H3,(H,20,21). The third-order valence-electron chi connectivity index (χ3n) is 3.75. The van der Waals surface area contributed by atoms with Crippen LogP contribution in [0.1, 0.15) is 17.7 Å². The predicted octanol–water partition coefficient (Wildman–Crippen LogP) is 2.90. The number of aliphatic imine (C=N–C) groups is 1. The van der Waals surface area contributed by atoms with Crippen LogP contribution < -0.4 is 10.1 Å². The maximum atomic E-state index is 5.58. The number of ether oxygens (including phenoxy) is 2. The van der Waals surface area contributed by atoms with E-state index in [9.17, 15) is 0 Å². The Morgan fingerprint density at radius 3 is 2.80 bits per heavy atom. The van der Waals surface area contributed by atoms with Gasteiger partial charge in [0.2, 0.25) is 0 Å². The summed E-state index contributed by atoms with van der Waals surface area (Å²) in [4.78, 5) is 6.40. The number of guanidine groups is 1. The van der Waals surface area contributed by atoms with E-state index in [1.165, 1.54) is 0 Å². The fourth-order valence-corrected chi connectivity index (χ4v) is 2.49. The van der Waals surface area contributed by atoms with Crippen molar-refractivity contribution < 1.29 is 13.9 Å². The van der Waals surface area contributed by atoms with Gasteiger partial charge in [0.05, 0.1) is 13.4 Å². The molecule has 0 fully saturated rings. The molecule has 1 N–H and O–H groups in total. The van der Waals surface area contributed by atoms with Gasteiger partial charge in [-0.25, -0.2) is 0 Å². The third-order valence-corrected chi connectivity index (χ3v) is 3.75. The molecule has 0 unspecified atom stereocenters. The summed E-state index contributed by atoms with van der Waals surface area (Å²) in [6, 6.07) is 11.8. The number of nitrogens with one attached hydrogen (secondary N) is 1. The fourth-order valence-electron chi connectivity index (χ4n) is 2.49. The molecular weight excluding hydrogens is 318 g/mol. The zero-order chi connectivity index (χ0) is 17.9. The van der Waals surface area contributed by atoms with Crippen molar-refractivity contribution in [1.29, 1.82) is 0 Å². The second kappa shape index (κ2) is 10.4. The number of benzene rings is 1. The summed E-state index contributed by atoms with van der Waals surface area (Å²) >= 11 is 0. The molecule has 0 atom stereocenters. The quantitative estimate of drug-likeness (QED) is 0.430. The van der Waals surface area contributed by atoms with Gasteiger partial charge in [-0.05, 0) is 24.6 Å². The first kappa shape index (κ1) is 18.9. The molecule has 0 aliphatic carbocycles. The summed E-state index contributed by atoms with van der Waals surface area (Å²) in [6.07, 6.45) is 2.55. The monoisotopic (exact) mass is 345 g/mol. The molecule has 1 aromatic carbocycles. The molecule has 0 saturated carbocycles. The molecular formula is C19H27N3O3. The second-order valence-electron chi connectivity index (χ2n) is 5.63. The van der Waals surface area contributed by atoms with Crippen LogP contribution in [0.5, 0.6) is 5.75 Å². The van der Waals surface area contributed by atoms with Gasteiger partial charge < -0.3 is 24.1 Å². The van der Waals surface area contributed by atoms with E-state index in [-0.39, 0.29) is 0 Å². The van der Waals surface area contributed by atoms with Crippen LogP contribution in [-0.4, -0.2) is 45.2 Å². The van der Waals surface area contributed by atoms with Crippen LogP contribution in [0.25, 0.3) is 0 Å². The number of furan rings is 1. The van der Waals surface area contributed by atoms with Crippen LogP contribution >= 0.6 is 0 Å². The zero-order valence-corrected chi connectivity index (χ0v) is 15.2. The lowest BCUT2D eigenvalue weighted by atomic mass is 10.2. The van der Waals surface area contributed by atoms with Crippen LogP contribution in [0.15, 0.2) is 52.1 Å². The Hall–Kier alpha value is -2.47. The smallest absolute Gasteiger partial charge is 0.193 e. The Morgan fingerprint density at radius 2 is 2.08 bits per heavy atom. The Labute approximate surface area is 149 Å². The number of hydrogen-bond acceptors (Lipinski definition) is 4. The molecule has 0 amide bonds. The summed E-state index contributed by atoms with van der Waals surface area (Å²) in [7, 11) is 5.48. The summed E-state index contributed by atoms with van der Waals surface area (Å²) in [5.41, 5.74) is 1.12. The van der Waals surface area contributed by atoms with Gasteiger partial charge in [0.1, 0.15) is 18.1 Å².